The zero-order chi connectivity index (χ0) is 14.8. The van der Waals surface area contributed by atoms with E-state index in [0.29, 0.717) is 6.07 Å². The standard InChI is InChI=1S/C16H11F2NOS/c17-12-7-11(16(20)13(18)8-12)9-21-14-5-1-3-10-4-2-6-19-15(10)14/h1-8,20H,9H2. The Bertz CT molecular complexity index is 802. The normalized spacial score (nSPS) is 11.0. The van der Waals surface area contributed by atoms with E-state index >= 15 is 0 Å². The molecular weight excluding hydrogens is 292 g/mol. The summed E-state index contributed by atoms with van der Waals surface area (Å²) in [5.74, 6) is -1.88. The molecule has 0 aliphatic rings. The lowest BCUT2D eigenvalue weighted by molar-refractivity contribution is 0.423. The van der Waals surface area contributed by atoms with Crippen LogP contribution < -0.4 is 0 Å². The lowest BCUT2D eigenvalue weighted by Crippen LogP contribution is -1.90. The van der Waals surface area contributed by atoms with Gasteiger partial charge in [0.2, 0.25) is 0 Å². The van der Waals surface area contributed by atoms with Crippen LogP contribution in [0.15, 0.2) is 53.6 Å². The molecule has 1 heterocycles. The quantitative estimate of drug-likeness (QED) is 0.723. The molecule has 2 nitrogen and oxygen atoms in total. The molecule has 21 heavy (non-hydrogen) atoms. The van der Waals surface area contributed by atoms with E-state index in [0.717, 1.165) is 21.9 Å². The van der Waals surface area contributed by atoms with Crippen LogP contribution >= 0.6 is 11.8 Å². The summed E-state index contributed by atoms with van der Waals surface area (Å²) < 4.78 is 26.5. The van der Waals surface area contributed by atoms with Gasteiger partial charge in [0.15, 0.2) is 11.6 Å². The third-order valence-electron chi connectivity index (χ3n) is 3.09. The van der Waals surface area contributed by atoms with Crippen LogP contribution in [0.4, 0.5) is 8.78 Å². The van der Waals surface area contributed by atoms with Crippen molar-refractivity contribution >= 4 is 22.7 Å². The minimum atomic E-state index is -0.943. The van der Waals surface area contributed by atoms with Gasteiger partial charge in [0.05, 0.1) is 5.52 Å². The molecule has 0 atom stereocenters. The highest BCUT2D eigenvalue weighted by Gasteiger charge is 2.11. The van der Waals surface area contributed by atoms with Crippen molar-refractivity contribution in [3.8, 4) is 5.75 Å². The molecule has 0 amide bonds. The van der Waals surface area contributed by atoms with E-state index in [4.69, 9.17) is 0 Å². The van der Waals surface area contributed by atoms with Gasteiger partial charge in [0, 0.05) is 33.9 Å². The molecule has 0 spiro atoms. The Morgan fingerprint density at radius 1 is 1.10 bits per heavy atom. The molecule has 0 radical (unpaired) electrons. The Kier molecular flexibility index (Phi) is 3.75. The van der Waals surface area contributed by atoms with Gasteiger partial charge in [-0.3, -0.25) is 4.98 Å². The number of halogens is 2. The van der Waals surface area contributed by atoms with Crippen LogP contribution in [0.1, 0.15) is 5.56 Å². The Morgan fingerprint density at radius 2 is 1.90 bits per heavy atom. The van der Waals surface area contributed by atoms with Gasteiger partial charge in [-0.1, -0.05) is 18.2 Å². The Hall–Kier alpha value is -2.14. The topological polar surface area (TPSA) is 33.1 Å². The number of para-hydroxylation sites is 1. The molecule has 5 heteroatoms. The van der Waals surface area contributed by atoms with Crippen molar-refractivity contribution in [3.63, 3.8) is 0 Å². The second kappa shape index (κ2) is 5.69. The molecule has 106 valence electrons. The lowest BCUT2D eigenvalue weighted by atomic mass is 10.2. The maximum absolute atomic E-state index is 13.3. The first-order valence-corrected chi connectivity index (χ1v) is 7.27. The lowest BCUT2D eigenvalue weighted by Gasteiger charge is -2.07. The fourth-order valence-electron chi connectivity index (χ4n) is 2.08. The molecule has 0 bridgehead atoms. The SMILES string of the molecule is Oc1c(F)cc(F)cc1CSc1cccc2cccnc12. The van der Waals surface area contributed by atoms with Crippen LogP contribution in [0.3, 0.4) is 0 Å². The first kappa shape index (κ1) is 13.8. The van der Waals surface area contributed by atoms with E-state index in [1.165, 1.54) is 11.8 Å². The van der Waals surface area contributed by atoms with Crippen LogP contribution in [0, 0.1) is 11.6 Å². The van der Waals surface area contributed by atoms with Gasteiger partial charge in [-0.05, 0) is 18.2 Å². The van der Waals surface area contributed by atoms with Crippen molar-refractivity contribution in [2.75, 3.05) is 0 Å². The zero-order valence-electron chi connectivity index (χ0n) is 10.9. The summed E-state index contributed by atoms with van der Waals surface area (Å²) in [6.07, 6.45) is 1.70. The van der Waals surface area contributed by atoms with Crippen molar-refractivity contribution in [2.45, 2.75) is 10.6 Å². The van der Waals surface area contributed by atoms with Crippen LogP contribution in [-0.4, -0.2) is 10.1 Å². The van der Waals surface area contributed by atoms with E-state index in [2.05, 4.69) is 4.98 Å². The summed E-state index contributed by atoms with van der Waals surface area (Å²) in [6, 6.07) is 11.4. The number of aromatic hydroxyl groups is 1. The molecule has 0 aliphatic heterocycles. The minimum absolute atomic E-state index is 0.227. The summed E-state index contributed by atoms with van der Waals surface area (Å²) in [5.41, 5.74) is 1.06. The van der Waals surface area contributed by atoms with Crippen LogP contribution in [0.5, 0.6) is 5.75 Å². The molecule has 0 aliphatic carbocycles. The zero-order valence-corrected chi connectivity index (χ0v) is 11.7. The first-order chi connectivity index (χ1) is 10.1. The second-order valence-electron chi connectivity index (χ2n) is 4.52. The number of aromatic nitrogens is 1. The number of hydrogen-bond donors (Lipinski definition) is 1. The largest absolute Gasteiger partial charge is 0.505 e. The Morgan fingerprint density at radius 3 is 2.76 bits per heavy atom. The summed E-state index contributed by atoms with van der Waals surface area (Å²) in [6.45, 7) is 0. The second-order valence-corrected chi connectivity index (χ2v) is 5.53. The predicted molar refractivity (Wildman–Crippen MR) is 79.3 cm³/mol. The van der Waals surface area contributed by atoms with E-state index in [1.54, 1.807) is 6.20 Å². The van der Waals surface area contributed by atoms with Gasteiger partial charge in [0.25, 0.3) is 0 Å². The molecule has 0 saturated heterocycles. The number of thioether (sulfide) groups is 1. The molecule has 0 fully saturated rings. The molecule has 2 aromatic carbocycles. The number of pyridine rings is 1. The van der Waals surface area contributed by atoms with Gasteiger partial charge in [-0.25, -0.2) is 8.78 Å². The number of phenolic OH excluding ortho intramolecular Hbond substituents is 1. The van der Waals surface area contributed by atoms with Gasteiger partial charge in [-0.2, -0.15) is 0 Å². The number of rotatable bonds is 3. The molecule has 0 unspecified atom stereocenters. The van der Waals surface area contributed by atoms with Crippen LogP contribution in [-0.2, 0) is 5.75 Å². The summed E-state index contributed by atoms with van der Waals surface area (Å²) in [4.78, 5) is 5.22. The third kappa shape index (κ3) is 2.83. The van der Waals surface area contributed by atoms with Gasteiger partial charge < -0.3 is 5.11 Å². The number of fused-ring (bicyclic) bond motifs is 1. The Balaban J connectivity index is 1.91. The highest BCUT2D eigenvalue weighted by atomic mass is 32.2. The number of hydrogen-bond acceptors (Lipinski definition) is 3. The number of phenols is 1. The van der Waals surface area contributed by atoms with Crippen molar-refractivity contribution in [2.24, 2.45) is 0 Å². The predicted octanol–water partition coefficient (Wildman–Crippen LogP) is 4.51. The van der Waals surface area contributed by atoms with E-state index in [-0.39, 0.29) is 11.3 Å². The van der Waals surface area contributed by atoms with Crippen LogP contribution in [0.25, 0.3) is 10.9 Å². The van der Waals surface area contributed by atoms with Gasteiger partial charge in [0.1, 0.15) is 5.82 Å². The monoisotopic (exact) mass is 303 g/mol. The smallest absolute Gasteiger partial charge is 0.168 e. The molecule has 3 rings (SSSR count). The van der Waals surface area contributed by atoms with Gasteiger partial charge in [-0.15, -0.1) is 11.8 Å². The molecule has 1 N–H and O–H groups in total. The van der Waals surface area contributed by atoms with Crippen molar-refractivity contribution < 1.29 is 13.9 Å². The molecule has 1 aromatic heterocycles. The fourth-order valence-corrected chi connectivity index (χ4v) is 3.09. The average molecular weight is 303 g/mol. The molecule has 3 aromatic rings. The van der Waals surface area contributed by atoms with Gasteiger partial charge >= 0.3 is 0 Å². The average Bonchev–Trinajstić information content (AvgIpc) is 2.49. The van der Waals surface area contributed by atoms with E-state index in [1.807, 2.05) is 30.3 Å². The van der Waals surface area contributed by atoms with Crippen molar-refractivity contribution in [1.29, 1.82) is 0 Å². The summed E-state index contributed by atoms with van der Waals surface area (Å²) in [7, 11) is 0. The summed E-state index contributed by atoms with van der Waals surface area (Å²) >= 11 is 1.38. The van der Waals surface area contributed by atoms with Crippen LogP contribution in [0.2, 0.25) is 0 Å². The molecule has 0 saturated carbocycles. The number of benzene rings is 2. The maximum atomic E-state index is 13.3. The Labute approximate surface area is 124 Å². The molecular formula is C16H11F2NOS. The highest BCUT2D eigenvalue weighted by Crippen LogP contribution is 2.32. The summed E-state index contributed by atoms with van der Waals surface area (Å²) in [5, 5.41) is 10.6. The van der Waals surface area contributed by atoms with Crippen molar-refractivity contribution in [1.82, 2.24) is 4.98 Å². The first-order valence-electron chi connectivity index (χ1n) is 6.28. The maximum Gasteiger partial charge on any atom is 0.168 e. The fraction of sp³-hybridized carbons (Fsp3) is 0.0625. The third-order valence-corrected chi connectivity index (χ3v) is 4.18. The highest BCUT2D eigenvalue weighted by molar-refractivity contribution is 7.98. The minimum Gasteiger partial charge on any atom is -0.505 e. The van der Waals surface area contributed by atoms with E-state index < -0.39 is 17.4 Å². The number of nitrogens with zero attached hydrogens (tertiary/aromatic N) is 1. The van der Waals surface area contributed by atoms with E-state index in [9.17, 15) is 13.9 Å². The van der Waals surface area contributed by atoms with Crippen molar-refractivity contribution in [3.05, 3.63) is 65.9 Å².